The van der Waals surface area contributed by atoms with Gasteiger partial charge >= 0.3 is 0 Å². The Bertz CT molecular complexity index is 499. The topological polar surface area (TPSA) is 66.6 Å². The zero-order valence-electron chi connectivity index (χ0n) is 16.7. The molecule has 0 unspecified atom stereocenters. The molecule has 2 amide bonds. The van der Waals surface area contributed by atoms with Crippen LogP contribution in [0.25, 0.3) is 0 Å². The van der Waals surface area contributed by atoms with Gasteiger partial charge in [0.15, 0.2) is 0 Å². The summed E-state index contributed by atoms with van der Waals surface area (Å²) in [7, 11) is 0. The molecule has 0 aromatic carbocycles. The largest absolute Gasteiger partial charge is 0.369 e. The van der Waals surface area contributed by atoms with Crippen molar-refractivity contribution in [2.24, 2.45) is 23.0 Å². The molecule has 148 valence electrons. The van der Waals surface area contributed by atoms with E-state index in [0.29, 0.717) is 24.3 Å². The summed E-state index contributed by atoms with van der Waals surface area (Å²) in [5.74, 6) is 1.59. The molecule has 5 heteroatoms. The molecule has 1 saturated carbocycles. The molecule has 2 saturated heterocycles. The molecule has 0 spiro atoms. The van der Waals surface area contributed by atoms with E-state index in [0.717, 1.165) is 70.6 Å². The van der Waals surface area contributed by atoms with Gasteiger partial charge in [-0.1, -0.05) is 26.7 Å². The number of hydrogen-bond acceptors (Lipinski definition) is 3. The van der Waals surface area contributed by atoms with Gasteiger partial charge in [0.05, 0.1) is 5.41 Å². The van der Waals surface area contributed by atoms with Gasteiger partial charge in [-0.25, -0.2) is 0 Å². The maximum Gasteiger partial charge on any atom is 0.223 e. The van der Waals surface area contributed by atoms with Gasteiger partial charge in [-0.05, 0) is 63.5 Å². The van der Waals surface area contributed by atoms with Crippen LogP contribution in [-0.4, -0.2) is 53.8 Å². The number of amides is 2. The molecule has 0 aromatic rings. The average Bonchev–Trinajstić information content (AvgIpc) is 3.44. The lowest BCUT2D eigenvalue weighted by atomic mass is 9.73. The van der Waals surface area contributed by atoms with Crippen LogP contribution in [0.2, 0.25) is 0 Å². The number of carbonyl (C=O) groups excluding carboxylic acids is 2. The zero-order chi connectivity index (χ0) is 18.7. The Balaban J connectivity index is 1.44. The molecule has 26 heavy (non-hydrogen) atoms. The molecule has 0 aromatic heterocycles. The maximum absolute atomic E-state index is 12.3. The van der Waals surface area contributed by atoms with E-state index in [1.807, 2.05) is 0 Å². The second kappa shape index (κ2) is 8.28. The number of nitrogens with zero attached hydrogens (tertiary/aromatic N) is 2. The Morgan fingerprint density at radius 2 is 1.65 bits per heavy atom. The highest BCUT2D eigenvalue weighted by molar-refractivity contribution is 5.81. The van der Waals surface area contributed by atoms with E-state index in [1.54, 1.807) is 0 Å². The van der Waals surface area contributed by atoms with Crippen LogP contribution in [-0.2, 0) is 9.59 Å². The molecular formula is C21H37N3O2. The van der Waals surface area contributed by atoms with Crippen molar-refractivity contribution in [3.8, 4) is 0 Å². The fourth-order valence-corrected chi connectivity index (χ4v) is 4.79. The standard InChI is InChI=1S/C21H37N3O2/c1-16(2)3-6-19(25)24-11-7-18(8-12-24)23-13-9-21(10-14-23,20(22)26)15-17-4-5-17/h16-18H,3-15H2,1-2H3,(H2,22,26). The van der Waals surface area contributed by atoms with Crippen LogP contribution in [0.5, 0.6) is 0 Å². The molecule has 1 aliphatic carbocycles. The molecule has 5 nitrogen and oxygen atoms in total. The van der Waals surface area contributed by atoms with Crippen LogP contribution in [0.1, 0.15) is 71.6 Å². The Morgan fingerprint density at radius 1 is 1.04 bits per heavy atom. The first-order valence-corrected chi connectivity index (χ1v) is 10.7. The second-order valence-corrected chi connectivity index (χ2v) is 9.37. The number of carbonyl (C=O) groups is 2. The molecule has 3 fully saturated rings. The van der Waals surface area contributed by atoms with Crippen molar-refractivity contribution in [2.45, 2.75) is 77.7 Å². The van der Waals surface area contributed by atoms with Gasteiger partial charge in [0.1, 0.15) is 0 Å². The third-order valence-electron chi connectivity index (χ3n) is 6.92. The van der Waals surface area contributed by atoms with Gasteiger partial charge in [0.25, 0.3) is 0 Å². The summed E-state index contributed by atoms with van der Waals surface area (Å²) in [5, 5.41) is 0. The van der Waals surface area contributed by atoms with Crippen molar-refractivity contribution in [3.05, 3.63) is 0 Å². The van der Waals surface area contributed by atoms with Crippen molar-refractivity contribution in [2.75, 3.05) is 26.2 Å². The minimum absolute atomic E-state index is 0.0744. The van der Waals surface area contributed by atoms with Crippen molar-refractivity contribution in [1.82, 2.24) is 9.80 Å². The lowest BCUT2D eigenvalue weighted by Crippen LogP contribution is -2.53. The molecule has 3 rings (SSSR count). The summed E-state index contributed by atoms with van der Waals surface area (Å²) >= 11 is 0. The molecule has 2 heterocycles. The summed E-state index contributed by atoms with van der Waals surface area (Å²) < 4.78 is 0. The van der Waals surface area contributed by atoms with Gasteiger partial charge in [-0.2, -0.15) is 0 Å². The van der Waals surface area contributed by atoms with E-state index in [4.69, 9.17) is 5.73 Å². The number of rotatable bonds is 7. The Hall–Kier alpha value is -1.10. The Morgan fingerprint density at radius 3 is 2.15 bits per heavy atom. The lowest BCUT2D eigenvalue weighted by molar-refractivity contribution is -0.135. The van der Waals surface area contributed by atoms with E-state index in [2.05, 4.69) is 23.6 Å². The monoisotopic (exact) mass is 363 g/mol. The van der Waals surface area contributed by atoms with Crippen molar-refractivity contribution in [3.63, 3.8) is 0 Å². The fourth-order valence-electron chi connectivity index (χ4n) is 4.79. The lowest BCUT2D eigenvalue weighted by Gasteiger charge is -2.45. The summed E-state index contributed by atoms with van der Waals surface area (Å²) in [6, 6.07) is 0.566. The predicted octanol–water partition coefficient (Wildman–Crippen LogP) is 2.78. The molecule has 0 bridgehead atoms. The van der Waals surface area contributed by atoms with Crippen LogP contribution in [0.15, 0.2) is 0 Å². The number of likely N-dealkylation sites (tertiary alicyclic amines) is 2. The number of piperidine rings is 2. The zero-order valence-corrected chi connectivity index (χ0v) is 16.7. The van der Waals surface area contributed by atoms with E-state index in [1.165, 1.54) is 12.8 Å². The summed E-state index contributed by atoms with van der Waals surface area (Å²) in [6.07, 6.45) is 9.23. The number of nitrogens with two attached hydrogens (primary N) is 1. The molecular weight excluding hydrogens is 326 g/mol. The SMILES string of the molecule is CC(C)CCC(=O)N1CCC(N2CCC(CC3CC3)(C(N)=O)CC2)CC1. The highest BCUT2D eigenvalue weighted by atomic mass is 16.2. The summed E-state index contributed by atoms with van der Waals surface area (Å²) in [5.41, 5.74) is 5.56. The van der Waals surface area contributed by atoms with Gasteiger partial charge in [0.2, 0.25) is 11.8 Å². The van der Waals surface area contributed by atoms with Crippen molar-refractivity contribution >= 4 is 11.8 Å². The van der Waals surface area contributed by atoms with Crippen LogP contribution in [0.3, 0.4) is 0 Å². The highest BCUT2D eigenvalue weighted by Gasteiger charge is 2.44. The predicted molar refractivity (Wildman–Crippen MR) is 103 cm³/mol. The maximum atomic E-state index is 12.3. The normalized spacial score (nSPS) is 24.8. The first-order valence-electron chi connectivity index (χ1n) is 10.7. The molecule has 3 aliphatic rings. The van der Waals surface area contributed by atoms with Crippen LogP contribution in [0, 0.1) is 17.3 Å². The fraction of sp³-hybridized carbons (Fsp3) is 0.905. The Labute approximate surface area is 158 Å². The number of hydrogen-bond donors (Lipinski definition) is 1. The first-order chi connectivity index (χ1) is 12.4. The minimum Gasteiger partial charge on any atom is -0.369 e. The van der Waals surface area contributed by atoms with Gasteiger partial charge in [0, 0.05) is 25.6 Å². The van der Waals surface area contributed by atoms with E-state index >= 15 is 0 Å². The highest BCUT2D eigenvalue weighted by Crippen LogP contribution is 2.46. The van der Waals surface area contributed by atoms with Crippen LogP contribution < -0.4 is 5.73 Å². The minimum atomic E-state index is -0.245. The quantitative estimate of drug-likeness (QED) is 0.756. The van der Waals surface area contributed by atoms with Gasteiger partial charge in [-0.15, -0.1) is 0 Å². The van der Waals surface area contributed by atoms with E-state index in [-0.39, 0.29) is 11.3 Å². The third kappa shape index (κ3) is 4.79. The molecule has 2 N–H and O–H groups in total. The first kappa shape index (κ1) is 19.7. The summed E-state index contributed by atoms with van der Waals surface area (Å²) in [6.45, 7) is 8.10. The molecule has 0 atom stereocenters. The van der Waals surface area contributed by atoms with E-state index in [9.17, 15) is 9.59 Å². The van der Waals surface area contributed by atoms with Crippen molar-refractivity contribution < 1.29 is 9.59 Å². The second-order valence-electron chi connectivity index (χ2n) is 9.37. The van der Waals surface area contributed by atoms with Gasteiger partial charge in [-0.3, -0.25) is 9.59 Å². The van der Waals surface area contributed by atoms with Crippen LogP contribution in [0.4, 0.5) is 0 Å². The van der Waals surface area contributed by atoms with Crippen molar-refractivity contribution in [1.29, 1.82) is 0 Å². The average molecular weight is 364 g/mol. The smallest absolute Gasteiger partial charge is 0.223 e. The van der Waals surface area contributed by atoms with Gasteiger partial charge < -0.3 is 15.5 Å². The summed E-state index contributed by atoms with van der Waals surface area (Å²) in [4.78, 5) is 29.0. The van der Waals surface area contributed by atoms with E-state index < -0.39 is 0 Å². The Kier molecular flexibility index (Phi) is 6.26. The molecule has 2 aliphatic heterocycles. The third-order valence-corrected chi connectivity index (χ3v) is 6.92. The van der Waals surface area contributed by atoms with Crippen LogP contribution >= 0.6 is 0 Å². The number of primary amides is 1. The molecule has 0 radical (unpaired) electrons.